The second-order valence-corrected chi connectivity index (χ2v) is 5.86. The summed E-state index contributed by atoms with van der Waals surface area (Å²) in [7, 11) is 0. The minimum absolute atomic E-state index is 0.119. The summed E-state index contributed by atoms with van der Waals surface area (Å²) in [6, 6.07) is 16.0. The molecule has 0 fully saturated rings. The summed E-state index contributed by atoms with van der Waals surface area (Å²) in [5.41, 5.74) is 4.33. The number of benzene rings is 1. The summed E-state index contributed by atoms with van der Waals surface area (Å²) >= 11 is 0. The lowest BCUT2D eigenvalue weighted by atomic mass is 9.99. The van der Waals surface area contributed by atoms with E-state index in [-0.39, 0.29) is 6.04 Å². The molecule has 0 aliphatic rings. The van der Waals surface area contributed by atoms with Crippen molar-refractivity contribution in [3.8, 4) is 0 Å². The fourth-order valence-corrected chi connectivity index (χ4v) is 3.09. The number of pyridine rings is 1. The number of nitrogens with one attached hydrogen (secondary N) is 2. The fraction of sp³-hybridized carbons (Fsp3) is 0.158. The van der Waals surface area contributed by atoms with Gasteiger partial charge in [-0.2, -0.15) is 0 Å². The zero-order chi connectivity index (χ0) is 16.5. The van der Waals surface area contributed by atoms with Crippen molar-refractivity contribution in [1.82, 2.24) is 15.1 Å². The Morgan fingerprint density at radius 3 is 2.67 bits per heavy atom. The zero-order valence-corrected chi connectivity index (χ0v) is 13.6. The summed E-state index contributed by atoms with van der Waals surface area (Å²) in [4.78, 5) is 8.01. The summed E-state index contributed by atoms with van der Waals surface area (Å²) in [5, 5.41) is 8.72. The molecule has 1 atom stereocenters. The topological polar surface area (TPSA) is 66.7 Å². The first-order chi connectivity index (χ1) is 11.7. The Hall–Kier alpha value is -3.08. The van der Waals surface area contributed by atoms with E-state index in [0.29, 0.717) is 5.82 Å². The van der Waals surface area contributed by atoms with Crippen LogP contribution < -0.4 is 5.32 Å². The zero-order valence-electron chi connectivity index (χ0n) is 13.6. The molecule has 120 valence electrons. The van der Waals surface area contributed by atoms with Crippen molar-refractivity contribution in [2.75, 3.05) is 5.32 Å². The maximum Gasteiger partial charge on any atom is 0.170 e. The predicted octanol–water partition coefficient (Wildman–Crippen LogP) is 4.37. The highest BCUT2D eigenvalue weighted by Gasteiger charge is 2.22. The van der Waals surface area contributed by atoms with Gasteiger partial charge in [0.25, 0.3) is 0 Å². The average molecular weight is 318 g/mol. The molecule has 5 heteroatoms. The third kappa shape index (κ3) is 2.54. The number of para-hydroxylation sites is 1. The van der Waals surface area contributed by atoms with Gasteiger partial charge in [0, 0.05) is 34.4 Å². The molecule has 0 unspecified atom stereocenters. The van der Waals surface area contributed by atoms with Crippen molar-refractivity contribution in [2.24, 2.45) is 0 Å². The third-order valence-corrected chi connectivity index (χ3v) is 4.14. The standard InChI is InChI=1S/C19H18N4O/c1-12-11-17(23-24-12)22-19(16-9-5-6-10-20-16)18-13(2)21-15-8-4-3-7-14(15)18/h3-11,19,21H,1-2H3,(H,22,23)/t19-/m0/s1. The molecule has 4 aromatic rings. The van der Waals surface area contributed by atoms with Crippen LogP contribution in [0.5, 0.6) is 0 Å². The van der Waals surface area contributed by atoms with Gasteiger partial charge >= 0.3 is 0 Å². The smallest absolute Gasteiger partial charge is 0.170 e. The molecule has 5 nitrogen and oxygen atoms in total. The molecular formula is C19H18N4O. The van der Waals surface area contributed by atoms with Crippen LogP contribution in [0.4, 0.5) is 5.82 Å². The number of aromatic amines is 1. The Morgan fingerprint density at radius 1 is 1.08 bits per heavy atom. The molecule has 0 spiro atoms. The Labute approximate surface area is 139 Å². The average Bonchev–Trinajstić information content (AvgIpc) is 3.16. The van der Waals surface area contributed by atoms with Gasteiger partial charge in [0.15, 0.2) is 5.82 Å². The largest absolute Gasteiger partial charge is 0.360 e. The Bertz CT molecular complexity index is 971. The number of H-pyrrole nitrogens is 1. The Balaban J connectivity index is 1.87. The molecule has 4 rings (SSSR count). The van der Waals surface area contributed by atoms with E-state index in [0.717, 1.165) is 22.7 Å². The Morgan fingerprint density at radius 2 is 1.92 bits per heavy atom. The monoisotopic (exact) mass is 318 g/mol. The van der Waals surface area contributed by atoms with Crippen LogP contribution in [0.25, 0.3) is 10.9 Å². The highest BCUT2D eigenvalue weighted by molar-refractivity contribution is 5.86. The van der Waals surface area contributed by atoms with Crippen LogP contribution in [0.1, 0.15) is 28.8 Å². The van der Waals surface area contributed by atoms with E-state index >= 15 is 0 Å². The first-order valence-electron chi connectivity index (χ1n) is 7.90. The molecule has 0 saturated heterocycles. The summed E-state index contributed by atoms with van der Waals surface area (Å²) in [6.07, 6.45) is 1.81. The SMILES string of the molecule is Cc1cc(N[C@@H](c2ccccn2)c2c(C)[nH]c3ccccc23)no1. The van der Waals surface area contributed by atoms with Gasteiger partial charge in [0.05, 0.1) is 11.7 Å². The van der Waals surface area contributed by atoms with E-state index in [1.54, 1.807) is 0 Å². The summed E-state index contributed by atoms with van der Waals surface area (Å²) in [6.45, 7) is 3.96. The molecule has 0 bridgehead atoms. The van der Waals surface area contributed by atoms with Crippen LogP contribution in [0.15, 0.2) is 59.3 Å². The lowest BCUT2D eigenvalue weighted by Crippen LogP contribution is -2.14. The number of aromatic nitrogens is 3. The van der Waals surface area contributed by atoms with E-state index in [1.807, 2.05) is 43.5 Å². The molecule has 3 heterocycles. The van der Waals surface area contributed by atoms with Crippen molar-refractivity contribution in [3.05, 3.63) is 77.4 Å². The van der Waals surface area contributed by atoms with Crippen molar-refractivity contribution in [1.29, 1.82) is 0 Å². The van der Waals surface area contributed by atoms with Crippen LogP contribution >= 0.6 is 0 Å². The molecule has 24 heavy (non-hydrogen) atoms. The third-order valence-electron chi connectivity index (χ3n) is 4.14. The fourth-order valence-electron chi connectivity index (χ4n) is 3.09. The second kappa shape index (κ2) is 5.85. The second-order valence-electron chi connectivity index (χ2n) is 5.86. The number of nitrogens with zero attached hydrogens (tertiary/aromatic N) is 2. The molecule has 0 aliphatic heterocycles. The van der Waals surface area contributed by atoms with E-state index in [4.69, 9.17) is 4.52 Å². The highest BCUT2D eigenvalue weighted by atomic mass is 16.5. The van der Waals surface area contributed by atoms with Gasteiger partial charge < -0.3 is 14.8 Å². The minimum Gasteiger partial charge on any atom is -0.360 e. The van der Waals surface area contributed by atoms with Gasteiger partial charge in [-0.05, 0) is 32.0 Å². The van der Waals surface area contributed by atoms with Crippen molar-refractivity contribution >= 4 is 16.7 Å². The number of hydrogen-bond donors (Lipinski definition) is 2. The lowest BCUT2D eigenvalue weighted by Gasteiger charge is -2.18. The molecule has 2 N–H and O–H groups in total. The van der Waals surface area contributed by atoms with Crippen molar-refractivity contribution in [3.63, 3.8) is 0 Å². The van der Waals surface area contributed by atoms with Gasteiger partial charge in [-0.15, -0.1) is 0 Å². The molecule has 0 saturated carbocycles. The van der Waals surface area contributed by atoms with Gasteiger partial charge in [-0.25, -0.2) is 0 Å². The molecular weight excluding hydrogens is 300 g/mol. The molecule has 1 aromatic carbocycles. The van der Waals surface area contributed by atoms with Gasteiger partial charge in [0.2, 0.25) is 0 Å². The van der Waals surface area contributed by atoms with Gasteiger partial charge in [-0.1, -0.05) is 29.4 Å². The number of hydrogen-bond acceptors (Lipinski definition) is 4. The maximum atomic E-state index is 5.20. The number of anilines is 1. The summed E-state index contributed by atoms with van der Waals surface area (Å²) < 4.78 is 5.20. The van der Waals surface area contributed by atoms with E-state index in [9.17, 15) is 0 Å². The first-order valence-corrected chi connectivity index (χ1v) is 7.90. The maximum absolute atomic E-state index is 5.20. The van der Waals surface area contributed by atoms with E-state index in [1.165, 1.54) is 10.9 Å². The minimum atomic E-state index is -0.119. The highest BCUT2D eigenvalue weighted by Crippen LogP contribution is 2.33. The molecule has 3 aromatic heterocycles. The quantitative estimate of drug-likeness (QED) is 0.586. The lowest BCUT2D eigenvalue weighted by molar-refractivity contribution is 0.399. The van der Waals surface area contributed by atoms with Crippen LogP contribution in [-0.4, -0.2) is 15.1 Å². The molecule has 0 radical (unpaired) electrons. The van der Waals surface area contributed by atoms with E-state index in [2.05, 4.69) is 45.6 Å². The number of aryl methyl sites for hydroxylation is 2. The summed E-state index contributed by atoms with van der Waals surface area (Å²) in [5.74, 6) is 1.47. The predicted molar refractivity (Wildman–Crippen MR) is 94.0 cm³/mol. The molecule has 0 aliphatic carbocycles. The van der Waals surface area contributed by atoms with Crippen LogP contribution in [-0.2, 0) is 0 Å². The number of rotatable bonds is 4. The van der Waals surface area contributed by atoms with Crippen LogP contribution in [0.2, 0.25) is 0 Å². The van der Waals surface area contributed by atoms with Gasteiger partial charge in [0.1, 0.15) is 5.76 Å². The van der Waals surface area contributed by atoms with Crippen LogP contribution in [0, 0.1) is 13.8 Å². The van der Waals surface area contributed by atoms with E-state index < -0.39 is 0 Å². The normalized spacial score (nSPS) is 12.4. The Kier molecular flexibility index (Phi) is 3.54. The first kappa shape index (κ1) is 14.5. The van der Waals surface area contributed by atoms with Crippen molar-refractivity contribution in [2.45, 2.75) is 19.9 Å². The number of fused-ring (bicyclic) bond motifs is 1. The van der Waals surface area contributed by atoms with Gasteiger partial charge in [-0.3, -0.25) is 4.98 Å². The molecule has 0 amide bonds. The van der Waals surface area contributed by atoms with Crippen LogP contribution in [0.3, 0.4) is 0 Å². The van der Waals surface area contributed by atoms with Crippen molar-refractivity contribution < 1.29 is 4.52 Å².